The van der Waals surface area contributed by atoms with Gasteiger partial charge in [0.2, 0.25) is 5.78 Å². The van der Waals surface area contributed by atoms with Crippen molar-refractivity contribution in [3.63, 3.8) is 0 Å². The van der Waals surface area contributed by atoms with Crippen LogP contribution in [0.15, 0.2) is 57.7 Å². The summed E-state index contributed by atoms with van der Waals surface area (Å²) in [4.78, 5) is 30.3. The van der Waals surface area contributed by atoms with Crippen LogP contribution in [0.25, 0.3) is 44.8 Å². The summed E-state index contributed by atoms with van der Waals surface area (Å²) in [7, 11) is -1.57. The van der Waals surface area contributed by atoms with Crippen molar-refractivity contribution >= 4 is 103 Å². The molecule has 2 aromatic carbocycles. The molecule has 0 aliphatic carbocycles. The summed E-state index contributed by atoms with van der Waals surface area (Å²) < 4.78 is 39.2. The lowest BCUT2D eigenvalue weighted by Gasteiger charge is -2.20. The molecular formula is C57H82Br2N14O5Si4. The summed E-state index contributed by atoms with van der Waals surface area (Å²) in [6, 6.07) is 16.7. The summed E-state index contributed by atoms with van der Waals surface area (Å²) in [6.07, 6.45) is 3.65. The Kier molecular flexibility index (Phi) is 17.6. The smallest absolute Gasteiger partial charge is 0.203 e. The Morgan fingerprint density at radius 3 is 1.21 bits per heavy atom. The van der Waals surface area contributed by atoms with Crippen LogP contribution in [-0.4, -0.2) is 123 Å². The van der Waals surface area contributed by atoms with Crippen LogP contribution >= 0.6 is 31.9 Å². The fourth-order valence-electron chi connectivity index (χ4n) is 10.3. The zero-order valence-corrected chi connectivity index (χ0v) is 57.7. The van der Waals surface area contributed by atoms with Gasteiger partial charge < -0.3 is 37.9 Å². The zero-order valence-electron chi connectivity index (χ0n) is 50.5. The lowest BCUT2D eigenvalue weighted by atomic mass is 10.1. The summed E-state index contributed by atoms with van der Waals surface area (Å²) >= 11 is 7.42. The number of rotatable bonds is 26. The molecule has 19 nitrogen and oxygen atoms in total. The van der Waals surface area contributed by atoms with Gasteiger partial charge in [0, 0.05) is 105 Å². The second-order valence-electron chi connectivity index (χ2n) is 27.0. The molecule has 2 aliphatic heterocycles. The Morgan fingerprint density at radius 2 is 0.854 bits per heavy atom. The van der Waals surface area contributed by atoms with Gasteiger partial charge in [-0.05, 0) is 60.6 Å². The highest BCUT2D eigenvalue weighted by Crippen LogP contribution is 2.40. The molecular weight excluding hydrogens is 1230 g/mol. The minimum atomic E-state index is -1.37. The molecule has 440 valence electrons. The number of imidazole rings is 2. The van der Waals surface area contributed by atoms with Crippen molar-refractivity contribution in [1.82, 2.24) is 58.2 Å². The lowest BCUT2D eigenvalue weighted by molar-refractivity contribution is 0.0813. The Labute approximate surface area is 502 Å². The Bertz CT molecular complexity index is 3400. The largest absolute Gasteiger partial charge is 0.361 e. The standard InChI is InChI=1S/C57H82Br2N14O5Si4/c1-66-29-43(54(64-66)68-31-45-49(33-68)70(35-75-19-23-79(3,4)5)56(60-45)51-41-17-15-39(58)27-47(41)72(62-51)37-77-21-25-81(9,10)11)53(74)44-30-67(2)65-55(44)69-32-46-50(34-69)71(36-76-20-24-80(6,7)8)57(61-46)52-42-18-16-40(59)28-48(42)73(63-52)38-78-22-26-82(12,13)14/h15-18,27-30H,19-26,31-38H2,1-14H3. The monoisotopic (exact) mass is 1310 g/mol. The Hall–Kier alpha value is -4.84. The number of ether oxygens (including phenoxy) is 4. The average Bonchev–Trinajstić information content (AvgIpc) is 2.53. The van der Waals surface area contributed by atoms with E-state index in [0.717, 1.165) is 101 Å². The van der Waals surface area contributed by atoms with Crippen LogP contribution in [-0.2, 0) is 86.1 Å². The van der Waals surface area contributed by atoms with Crippen molar-refractivity contribution < 1.29 is 23.7 Å². The normalized spacial score (nSPS) is 14.2. The molecule has 0 atom stereocenters. The Morgan fingerprint density at radius 1 is 0.500 bits per heavy atom. The third kappa shape index (κ3) is 13.8. The third-order valence-corrected chi connectivity index (χ3v) is 22.9. The van der Waals surface area contributed by atoms with Gasteiger partial charge >= 0.3 is 0 Å². The van der Waals surface area contributed by atoms with Crippen molar-refractivity contribution in [1.29, 1.82) is 0 Å². The van der Waals surface area contributed by atoms with E-state index < -0.39 is 32.3 Å². The minimum Gasteiger partial charge on any atom is -0.361 e. The first-order valence-corrected chi connectivity index (χ1v) is 45.0. The summed E-state index contributed by atoms with van der Waals surface area (Å²) in [5.41, 5.74) is 8.25. The molecule has 0 bridgehead atoms. The number of carbonyl (C=O) groups is 1. The molecule has 0 saturated carbocycles. The molecule has 10 rings (SSSR count). The number of hydrogen-bond donors (Lipinski definition) is 0. The van der Waals surface area contributed by atoms with E-state index in [1.807, 2.05) is 48.0 Å². The maximum Gasteiger partial charge on any atom is 0.203 e. The highest BCUT2D eigenvalue weighted by atomic mass is 79.9. The van der Waals surface area contributed by atoms with E-state index in [9.17, 15) is 0 Å². The van der Waals surface area contributed by atoms with Gasteiger partial charge in [0.1, 0.15) is 38.3 Å². The highest BCUT2D eigenvalue weighted by molar-refractivity contribution is 9.10. The fourth-order valence-corrected chi connectivity index (χ4v) is 14.0. The number of nitrogens with zero attached hydrogens (tertiary/aromatic N) is 14. The van der Waals surface area contributed by atoms with E-state index in [0.29, 0.717) is 102 Å². The zero-order chi connectivity index (χ0) is 58.6. The number of ketones is 1. The van der Waals surface area contributed by atoms with Crippen molar-refractivity contribution in [2.45, 2.75) is 156 Å². The third-order valence-electron chi connectivity index (χ3n) is 15.1. The van der Waals surface area contributed by atoms with Crippen LogP contribution in [0.2, 0.25) is 103 Å². The number of benzene rings is 2. The molecule has 0 unspecified atom stereocenters. The SMILES string of the molecule is Cn1cc(C(=O)c2cn(C)nc2N2Cc3nc(-c4nn(COCC[Si](C)(C)C)c5cc(Br)ccc45)n(COCC[Si](C)(C)C)c3C2)c(N2Cc3nc(-c4nn(COCC[Si](C)(C)C)c5cc(Br)ccc45)n(COCC[Si](C)(C)C)c3C2)n1. The number of aromatic nitrogens is 12. The van der Waals surface area contributed by atoms with Gasteiger partial charge in [-0.2, -0.15) is 20.4 Å². The van der Waals surface area contributed by atoms with Crippen LogP contribution in [0.3, 0.4) is 0 Å². The van der Waals surface area contributed by atoms with Gasteiger partial charge in [-0.3, -0.25) is 14.2 Å². The molecule has 2 aliphatic rings. The summed E-state index contributed by atoms with van der Waals surface area (Å²) in [5.74, 6) is 2.50. The average molecular weight is 1320 g/mol. The molecule has 8 aromatic rings. The van der Waals surface area contributed by atoms with Crippen molar-refractivity contribution in [3.8, 4) is 23.0 Å². The summed E-state index contributed by atoms with van der Waals surface area (Å²) in [6.45, 7) is 34.1. The number of carbonyl (C=O) groups excluding carboxylic acids is 1. The van der Waals surface area contributed by atoms with Crippen LogP contribution in [0.5, 0.6) is 0 Å². The Balaban J connectivity index is 0.933. The van der Waals surface area contributed by atoms with Crippen molar-refractivity contribution in [3.05, 3.63) is 91.6 Å². The van der Waals surface area contributed by atoms with Crippen molar-refractivity contribution in [2.75, 3.05) is 36.2 Å². The molecule has 8 heterocycles. The first-order chi connectivity index (χ1) is 38.7. The van der Waals surface area contributed by atoms with E-state index in [-0.39, 0.29) is 5.78 Å². The molecule has 0 fully saturated rings. The van der Waals surface area contributed by atoms with Gasteiger partial charge in [-0.1, -0.05) is 110 Å². The lowest BCUT2D eigenvalue weighted by Crippen LogP contribution is -2.23. The van der Waals surface area contributed by atoms with Gasteiger partial charge in [0.15, 0.2) is 23.3 Å². The number of anilines is 2. The van der Waals surface area contributed by atoms with E-state index >= 15 is 4.79 Å². The van der Waals surface area contributed by atoms with E-state index in [4.69, 9.17) is 49.3 Å². The van der Waals surface area contributed by atoms with Gasteiger partial charge in [0.05, 0.1) is 71.1 Å². The van der Waals surface area contributed by atoms with E-state index in [2.05, 4.69) is 154 Å². The topological polar surface area (TPSA) is 167 Å². The number of halogens is 2. The van der Waals surface area contributed by atoms with Gasteiger partial charge in [-0.15, -0.1) is 0 Å². The van der Waals surface area contributed by atoms with E-state index in [1.165, 1.54) is 0 Å². The molecule has 82 heavy (non-hydrogen) atoms. The van der Waals surface area contributed by atoms with Crippen LogP contribution in [0.4, 0.5) is 11.6 Å². The van der Waals surface area contributed by atoms with Gasteiger partial charge in [-0.25, -0.2) is 19.3 Å². The molecule has 0 spiro atoms. The molecule has 0 amide bonds. The van der Waals surface area contributed by atoms with Crippen LogP contribution in [0, 0.1) is 0 Å². The number of aryl methyl sites for hydroxylation is 2. The molecule has 25 heteroatoms. The van der Waals surface area contributed by atoms with E-state index in [1.54, 1.807) is 9.36 Å². The quantitative estimate of drug-likeness (QED) is 0.0286. The fraction of sp³-hybridized carbons (Fsp3) is 0.526. The van der Waals surface area contributed by atoms with Crippen LogP contribution < -0.4 is 9.80 Å². The number of hydrogen-bond acceptors (Lipinski definition) is 13. The van der Waals surface area contributed by atoms with Gasteiger partial charge in [0.25, 0.3) is 0 Å². The molecule has 0 N–H and O–H groups in total. The highest BCUT2D eigenvalue weighted by Gasteiger charge is 2.37. The predicted molar refractivity (Wildman–Crippen MR) is 343 cm³/mol. The molecule has 0 saturated heterocycles. The van der Waals surface area contributed by atoms with Crippen LogP contribution in [0.1, 0.15) is 38.7 Å². The molecule has 0 radical (unpaired) electrons. The molecule has 6 aromatic heterocycles. The second kappa shape index (κ2) is 23.9. The summed E-state index contributed by atoms with van der Waals surface area (Å²) in [5, 5.41) is 22.3. The number of fused-ring (bicyclic) bond motifs is 4. The maximum absolute atomic E-state index is 15.3. The van der Waals surface area contributed by atoms with Crippen molar-refractivity contribution in [2.24, 2.45) is 14.1 Å². The first kappa shape index (κ1) is 60.3. The minimum absolute atomic E-state index is 0.165. The predicted octanol–water partition coefficient (Wildman–Crippen LogP) is 12.6. The second-order valence-corrected chi connectivity index (χ2v) is 51.4. The first-order valence-electron chi connectivity index (χ1n) is 28.6. The maximum atomic E-state index is 15.3.